The minimum absolute atomic E-state index is 0.0405. The van der Waals surface area contributed by atoms with Gasteiger partial charge < -0.3 is 9.64 Å². The van der Waals surface area contributed by atoms with E-state index < -0.39 is 38.5 Å². The van der Waals surface area contributed by atoms with Crippen LogP contribution in [0.1, 0.15) is 13.8 Å². The second-order valence-electron chi connectivity index (χ2n) is 5.89. The number of sulfone groups is 1. The molecule has 0 fully saturated rings. The number of carbonyl (C=O) groups excluding carboxylic acids is 1. The Labute approximate surface area is 153 Å². The van der Waals surface area contributed by atoms with Crippen LogP contribution in [0.25, 0.3) is 0 Å². The molecule has 1 aromatic rings. The third kappa shape index (κ3) is 3.82. The molecule has 0 saturated carbocycles. The third-order valence-corrected chi connectivity index (χ3v) is 5.28. The van der Waals surface area contributed by atoms with E-state index >= 15 is 0 Å². The molecule has 0 amide bonds. The molecular weight excluding hydrogens is 392 g/mol. The van der Waals surface area contributed by atoms with E-state index in [0.717, 1.165) is 42.5 Å². The molecule has 1 atom stereocenters. The summed E-state index contributed by atoms with van der Waals surface area (Å²) in [6.07, 6.45) is 0.759. The summed E-state index contributed by atoms with van der Waals surface area (Å²) in [7, 11) is -4.71. The highest BCUT2D eigenvalue weighted by Crippen LogP contribution is 2.38. The molecule has 1 aliphatic heterocycles. The summed E-state index contributed by atoms with van der Waals surface area (Å²) in [4.78, 5) is 16.3. The van der Waals surface area contributed by atoms with Gasteiger partial charge in [0.25, 0.3) is 9.84 Å². The molecule has 11 heteroatoms. The number of rotatable bonds is 4. The first-order chi connectivity index (χ1) is 12.4. The van der Waals surface area contributed by atoms with Crippen LogP contribution < -0.4 is 4.90 Å². The second-order valence-corrected chi connectivity index (χ2v) is 7.86. The van der Waals surface area contributed by atoms with Crippen LogP contribution in [-0.2, 0) is 19.4 Å². The monoisotopic (exact) mass is 408 g/mol. The van der Waals surface area contributed by atoms with Gasteiger partial charge in [-0.1, -0.05) is 13.8 Å². The van der Waals surface area contributed by atoms with Crippen LogP contribution in [-0.4, -0.2) is 38.7 Å². The van der Waals surface area contributed by atoms with Crippen molar-refractivity contribution in [3.8, 4) is 0 Å². The molecule has 148 valence electrons. The Hall–Kier alpha value is -2.43. The molecule has 27 heavy (non-hydrogen) atoms. The van der Waals surface area contributed by atoms with Crippen molar-refractivity contribution in [3.63, 3.8) is 0 Å². The van der Waals surface area contributed by atoms with Crippen molar-refractivity contribution >= 4 is 27.7 Å². The fourth-order valence-electron chi connectivity index (χ4n) is 2.58. The third-order valence-electron chi connectivity index (χ3n) is 3.74. The molecule has 1 unspecified atom stereocenters. The van der Waals surface area contributed by atoms with E-state index in [2.05, 4.69) is 9.73 Å². The lowest BCUT2D eigenvalue weighted by atomic mass is 10.0. The first-order valence-corrected chi connectivity index (χ1v) is 9.17. The Bertz CT molecular complexity index is 890. The number of anilines is 1. The molecule has 1 heterocycles. The quantitative estimate of drug-likeness (QED) is 0.566. The predicted octanol–water partition coefficient (Wildman–Crippen LogP) is 3.02. The van der Waals surface area contributed by atoms with Crippen LogP contribution in [0.15, 0.2) is 40.5 Å². The summed E-state index contributed by atoms with van der Waals surface area (Å²) in [5.74, 6) is -2.14. The average Bonchev–Trinajstić information content (AvgIpc) is 2.59. The lowest BCUT2D eigenvalue weighted by Gasteiger charge is -2.37. The van der Waals surface area contributed by atoms with Gasteiger partial charge >= 0.3 is 11.5 Å². The molecule has 6 nitrogen and oxygen atoms in total. The summed E-state index contributed by atoms with van der Waals surface area (Å²) in [5.41, 5.74) is -8.28. The molecule has 0 saturated heterocycles. The van der Waals surface area contributed by atoms with Gasteiger partial charge in [-0.25, -0.2) is 17.6 Å². The molecule has 1 aliphatic rings. The first-order valence-electron chi connectivity index (χ1n) is 7.62. The highest BCUT2D eigenvalue weighted by atomic mass is 32.2. The van der Waals surface area contributed by atoms with Gasteiger partial charge in [-0.15, -0.1) is 0 Å². The van der Waals surface area contributed by atoms with Gasteiger partial charge in [-0.3, -0.25) is 4.99 Å². The SMILES string of the molecule is COC(=O)C1=C(C(C)C)N(c2ccc(F)cc2)C(S(=O)(=O)C(F)(F)F)N=C1. The molecule has 0 bridgehead atoms. The molecule has 0 aromatic heterocycles. The van der Waals surface area contributed by atoms with Crippen molar-refractivity contribution in [1.29, 1.82) is 0 Å². The van der Waals surface area contributed by atoms with Gasteiger partial charge in [-0.2, -0.15) is 13.2 Å². The van der Waals surface area contributed by atoms with E-state index in [-0.39, 0.29) is 17.0 Å². The van der Waals surface area contributed by atoms with Crippen LogP contribution in [0.2, 0.25) is 0 Å². The topological polar surface area (TPSA) is 76.0 Å². The Morgan fingerprint density at radius 3 is 2.22 bits per heavy atom. The summed E-state index contributed by atoms with van der Waals surface area (Å²) in [6, 6.07) is 4.13. The number of carbonyl (C=O) groups is 1. The zero-order chi connectivity index (χ0) is 20.6. The fraction of sp³-hybridized carbons (Fsp3) is 0.375. The Morgan fingerprint density at radius 2 is 1.78 bits per heavy atom. The lowest BCUT2D eigenvalue weighted by molar-refractivity contribution is -0.135. The summed E-state index contributed by atoms with van der Waals surface area (Å²) >= 11 is 0. The van der Waals surface area contributed by atoms with Crippen molar-refractivity contribution < 1.29 is 35.5 Å². The van der Waals surface area contributed by atoms with Crippen LogP contribution in [0, 0.1) is 11.7 Å². The number of methoxy groups -OCH3 is 1. The van der Waals surface area contributed by atoms with Crippen molar-refractivity contribution in [3.05, 3.63) is 41.4 Å². The number of hydrogen-bond acceptors (Lipinski definition) is 6. The van der Waals surface area contributed by atoms with Crippen molar-refractivity contribution in [2.24, 2.45) is 10.9 Å². The summed E-state index contributed by atoms with van der Waals surface area (Å²) in [6.45, 7) is 3.12. The maximum Gasteiger partial charge on any atom is 0.501 e. The maximum absolute atomic E-state index is 13.3. The minimum Gasteiger partial charge on any atom is -0.465 e. The largest absolute Gasteiger partial charge is 0.501 e. The standard InChI is InChI=1S/C16H16F4N2O4S/c1-9(2)13-12(14(23)26-3)8-21-15(27(24,25)16(18,19)20)22(13)11-6-4-10(17)5-7-11/h4-9,15H,1-3H3. The van der Waals surface area contributed by atoms with E-state index in [0.29, 0.717) is 0 Å². The van der Waals surface area contributed by atoms with E-state index in [4.69, 9.17) is 0 Å². The number of nitrogens with zero attached hydrogens (tertiary/aromatic N) is 2. The Balaban J connectivity index is 2.78. The van der Waals surface area contributed by atoms with Crippen molar-refractivity contribution in [2.75, 3.05) is 12.0 Å². The molecule has 1 aromatic carbocycles. The predicted molar refractivity (Wildman–Crippen MR) is 90.0 cm³/mol. The fourth-order valence-corrected chi connectivity index (χ4v) is 3.56. The molecule has 0 N–H and O–H groups in total. The van der Waals surface area contributed by atoms with E-state index in [1.54, 1.807) is 13.8 Å². The van der Waals surface area contributed by atoms with E-state index in [1.807, 2.05) is 0 Å². The Morgan fingerprint density at radius 1 is 1.22 bits per heavy atom. The normalized spacial score (nSPS) is 18.2. The first kappa shape index (κ1) is 20.9. The highest BCUT2D eigenvalue weighted by molar-refractivity contribution is 7.93. The van der Waals surface area contributed by atoms with Crippen LogP contribution >= 0.6 is 0 Å². The van der Waals surface area contributed by atoms with Gasteiger partial charge in [0.15, 0.2) is 0 Å². The summed E-state index contributed by atoms with van der Waals surface area (Å²) in [5, 5.41) is 0. The minimum atomic E-state index is -5.78. The molecular formula is C16H16F4N2O4S. The smallest absolute Gasteiger partial charge is 0.465 e. The average molecular weight is 408 g/mol. The zero-order valence-corrected chi connectivity index (χ0v) is 15.3. The van der Waals surface area contributed by atoms with Crippen molar-refractivity contribution in [1.82, 2.24) is 0 Å². The number of allylic oxidation sites excluding steroid dienone is 1. The number of esters is 1. The summed E-state index contributed by atoms with van der Waals surface area (Å²) < 4.78 is 81.5. The van der Waals surface area contributed by atoms with Crippen molar-refractivity contribution in [2.45, 2.75) is 24.9 Å². The second kappa shape index (κ2) is 7.29. The number of alkyl halides is 3. The molecule has 0 spiro atoms. The van der Waals surface area contributed by atoms with Crippen LogP contribution in [0.4, 0.5) is 23.2 Å². The molecule has 0 aliphatic carbocycles. The number of ether oxygens (including phenoxy) is 1. The maximum atomic E-state index is 13.3. The number of halogens is 4. The molecule has 0 radical (unpaired) electrons. The number of hydrogen-bond donors (Lipinski definition) is 0. The Kier molecular flexibility index (Phi) is 5.64. The number of aliphatic imine (C=N–C) groups is 1. The van der Waals surface area contributed by atoms with E-state index in [9.17, 15) is 30.8 Å². The van der Waals surface area contributed by atoms with Gasteiger partial charge in [0, 0.05) is 17.6 Å². The highest BCUT2D eigenvalue weighted by Gasteiger charge is 2.54. The van der Waals surface area contributed by atoms with Crippen LogP contribution in [0.3, 0.4) is 0 Å². The number of benzene rings is 1. The van der Waals surface area contributed by atoms with Gasteiger partial charge in [-0.05, 0) is 30.2 Å². The van der Waals surface area contributed by atoms with Gasteiger partial charge in [0.05, 0.1) is 12.7 Å². The van der Waals surface area contributed by atoms with E-state index in [1.165, 1.54) is 0 Å². The lowest BCUT2D eigenvalue weighted by Crippen LogP contribution is -2.48. The van der Waals surface area contributed by atoms with Gasteiger partial charge in [0.1, 0.15) is 5.82 Å². The van der Waals surface area contributed by atoms with Gasteiger partial charge in [0.2, 0.25) is 5.50 Å². The zero-order valence-electron chi connectivity index (χ0n) is 14.5. The van der Waals surface area contributed by atoms with Crippen LogP contribution in [0.5, 0.6) is 0 Å². The molecule has 2 rings (SSSR count).